The van der Waals surface area contributed by atoms with E-state index < -0.39 is 15.8 Å². The van der Waals surface area contributed by atoms with Crippen molar-refractivity contribution in [3.63, 3.8) is 0 Å². The zero-order valence-corrected chi connectivity index (χ0v) is 12.8. The summed E-state index contributed by atoms with van der Waals surface area (Å²) in [5.41, 5.74) is 0. The van der Waals surface area contributed by atoms with Gasteiger partial charge in [-0.05, 0) is 32.1 Å². The third-order valence-corrected chi connectivity index (χ3v) is 5.90. The molecule has 21 heavy (non-hydrogen) atoms. The molecule has 0 radical (unpaired) electrons. The second-order valence-corrected chi connectivity index (χ2v) is 8.12. The number of likely N-dealkylation sites (tertiary alicyclic amines) is 1. The van der Waals surface area contributed by atoms with Crippen molar-refractivity contribution >= 4 is 21.8 Å². The minimum absolute atomic E-state index is 0.0353. The van der Waals surface area contributed by atoms with Gasteiger partial charge in [-0.1, -0.05) is 0 Å². The molecule has 0 aromatic carbocycles. The Hall–Kier alpha value is -1.31. The van der Waals surface area contributed by atoms with Gasteiger partial charge < -0.3 is 15.3 Å². The molecule has 0 aliphatic carbocycles. The van der Waals surface area contributed by atoms with Gasteiger partial charge in [0.15, 0.2) is 0 Å². The van der Waals surface area contributed by atoms with E-state index in [1.807, 2.05) is 0 Å². The van der Waals surface area contributed by atoms with Crippen molar-refractivity contribution in [1.82, 2.24) is 10.2 Å². The largest absolute Gasteiger partial charge is 0.481 e. The van der Waals surface area contributed by atoms with Crippen molar-refractivity contribution in [2.24, 2.45) is 0 Å². The molecule has 8 heteroatoms. The smallest absolute Gasteiger partial charge is 0.317 e. The van der Waals surface area contributed by atoms with E-state index >= 15 is 0 Å². The topological polar surface area (TPSA) is 104 Å². The van der Waals surface area contributed by atoms with E-state index in [0.29, 0.717) is 25.8 Å². The molecule has 2 aliphatic heterocycles. The number of aliphatic carboxylic acids is 1. The number of carbonyl (C=O) groups excluding carboxylic acids is 1. The highest BCUT2D eigenvalue weighted by molar-refractivity contribution is 7.91. The molecule has 7 nitrogen and oxygen atoms in total. The maximum Gasteiger partial charge on any atom is 0.317 e. The number of carbonyl (C=O) groups is 2. The van der Waals surface area contributed by atoms with Crippen molar-refractivity contribution in [3.8, 4) is 0 Å². The van der Waals surface area contributed by atoms with E-state index in [9.17, 15) is 18.0 Å². The number of rotatable bonds is 3. The first-order chi connectivity index (χ1) is 9.87. The molecular formula is C13H22N2O5S. The zero-order valence-electron chi connectivity index (χ0n) is 12.0. The number of hydrogen-bond donors (Lipinski definition) is 2. The molecule has 1 unspecified atom stereocenters. The van der Waals surface area contributed by atoms with E-state index in [-0.39, 0.29) is 36.0 Å². The Balaban J connectivity index is 1.90. The first kappa shape index (κ1) is 16.1. The van der Waals surface area contributed by atoms with Crippen LogP contribution in [-0.2, 0) is 14.6 Å². The standard InChI is InChI=1S/C13H22N2O5S/c16-12(17)9-11-3-1-2-6-15(11)13(18)14-10-4-7-21(19,20)8-5-10/h10-11H,1-9H2,(H,14,18)(H,16,17). The molecule has 0 aromatic heterocycles. The molecule has 2 N–H and O–H groups in total. The highest BCUT2D eigenvalue weighted by Crippen LogP contribution is 2.20. The summed E-state index contributed by atoms with van der Waals surface area (Å²) in [7, 11) is -2.95. The molecule has 2 rings (SSSR count). The summed E-state index contributed by atoms with van der Waals surface area (Å²) in [5.74, 6) is -0.684. The molecule has 1 atom stereocenters. The lowest BCUT2D eigenvalue weighted by atomic mass is 10.00. The number of hydrogen-bond acceptors (Lipinski definition) is 4. The number of piperidine rings is 1. The predicted octanol–water partition coefficient (Wildman–Crippen LogP) is 0.602. The van der Waals surface area contributed by atoms with Crippen molar-refractivity contribution < 1.29 is 23.1 Å². The first-order valence-electron chi connectivity index (χ1n) is 7.37. The van der Waals surface area contributed by atoms with Gasteiger partial charge in [0.25, 0.3) is 0 Å². The molecule has 2 saturated heterocycles. The minimum Gasteiger partial charge on any atom is -0.481 e. The molecule has 2 amide bonds. The van der Waals surface area contributed by atoms with Crippen molar-refractivity contribution in [3.05, 3.63) is 0 Å². The summed E-state index contributed by atoms with van der Waals surface area (Å²) in [5, 5.41) is 11.8. The van der Waals surface area contributed by atoms with Crippen molar-refractivity contribution in [2.75, 3.05) is 18.1 Å². The van der Waals surface area contributed by atoms with Crippen LogP contribution >= 0.6 is 0 Å². The first-order valence-corrected chi connectivity index (χ1v) is 9.19. The molecule has 0 bridgehead atoms. The van der Waals surface area contributed by atoms with Crippen LogP contribution in [0, 0.1) is 0 Å². The lowest BCUT2D eigenvalue weighted by Gasteiger charge is -2.36. The molecule has 2 aliphatic rings. The Morgan fingerprint density at radius 3 is 2.43 bits per heavy atom. The normalized spacial score (nSPS) is 26.3. The number of carboxylic acids is 1. The monoisotopic (exact) mass is 318 g/mol. The van der Waals surface area contributed by atoms with Crippen LogP contribution in [0.1, 0.15) is 38.5 Å². The maximum absolute atomic E-state index is 12.3. The van der Waals surface area contributed by atoms with Gasteiger partial charge in [0.05, 0.1) is 17.9 Å². The van der Waals surface area contributed by atoms with Crippen LogP contribution in [0.2, 0.25) is 0 Å². The predicted molar refractivity (Wildman–Crippen MR) is 76.8 cm³/mol. The molecule has 0 saturated carbocycles. The van der Waals surface area contributed by atoms with Crippen LogP contribution in [0.15, 0.2) is 0 Å². The van der Waals surface area contributed by atoms with Crippen LogP contribution in [-0.4, -0.2) is 60.6 Å². The SMILES string of the molecule is O=C(O)CC1CCCCN1C(=O)NC1CCS(=O)(=O)CC1. The van der Waals surface area contributed by atoms with Gasteiger partial charge in [0, 0.05) is 18.6 Å². The average molecular weight is 318 g/mol. The lowest BCUT2D eigenvalue weighted by molar-refractivity contribution is -0.138. The van der Waals surface area contributed by atoms with Gasteiger partial charge in [0.1, 0.15) is 9.84 Å². The quantitative estimate of drug-likeness (QED) is 0.793. The Kier molecular flexibility index (Phi) is 5.08. The minimum atomic E-state index is -2.95. The van der Waals surface area contributed by atoms with Crippen molar-refractivity contribution in [2.45, 2.75) is 50.6 Å². The fourth-order valence-electron chi connectivity index (χ4n) is 2.97. The zero-order chi connectivity index (χ0) is 15.5. The summed E-state index contributed by atoms with van der Waals surface area (Å²) >= 11 is 0. The second-order valence-electron chi connectivity index (χ2n) is 5.82. The summed E-state index contributed by atoms with van der Waals surface area (Å²) < 4.78 is 22.7. The van der Waals surface area contributed by atoms with Crippen LogP contribution in [0.3, 0.4) is 0 Å². The van der Waals surface area contributed by atoms with Crippen LogP contribution in [0.5, 0.6) is 0 Å². The summed E-state index contributed by atoms with van der Waals surface area (Å²) in [6.07, 6.45) is 3.36. The molecule has 0 spiro atoms. The Labute approximate surface area is 124 Å². The average Bonchev–Trinajstić information content (AvgIpc) is 2.41. The third-order valence-electron chi connectivity index (χ3n) is 4.18. The van der Waals surface area contributed by atoms with E-state index in [2.05, 4.69) is 5.32 Å². The molecule has 2 fully saturated rings. The van der Waals surface area contributed by atoms with Gasteiger partial charge in [-0.2, -0.15) is 0 Å². The van der Waals surface area contributed by atoms with Crippen LogP contribution < -0.4 is 5.32 Å². The number of amides is 2. The van der Waals surface area contributed by atoms with Crippen LogP contribution in [0.25, 0.3) is 0 Å². The van der Waals surface area contributed by atoms with Gasteiger partial charge in [-0.15, -0.1) is 0 Å². The van der Waals surface area contributed by atoms with E-state index in [1.54, 1.807) is 4.90 Å². The Morgan fingerprint density at radius 1 is 1.14 bits per heavy atom. The van der Waals surface area contributed by atoms with E-state index in [4.69, 9.17) is 5.11 Å². The van der Waals surface area contributed by atoms with Gasteiger partial charge in [0.2, 0.25) is 0 Å². The van der Waals surface area contributed by atoms with Gasteiger partial charge in [-0.25, -0.2) is 13.2 Å². The van der Waals surface area contributed by atoms with Crippen molar-refractivity contribution in [1.29, 1.82) is 0 Å². The van der Waals surface area contributed by atoms with Crippen LogP contribution in [0.4, 0.5) is 4.79 Å². The summed E-state index contributed by atoms with van der Waals surface area (Å²) in [6, 6.07) is -0.651. The number of carboxylic acid groups (broad SMARTS) is 1. The third kappa shape index (κ3) is 4.59. The number of nitrogens with zero attached hydrogens (tertiary/aromatic N) is 1. The highest BCUT2D eigenvalue weighted by atomic mass is 32.2. The van der Waals surface area contributed by atoms with Gasteiger partial charge >= 0.3 is 12.0 Å². The fourth-order valence-corrected chi connectivity index (χ4v) is 4.47. The fraction of sp³-hybridized carbons (Fsp3) is 0.846. The van der Waals surface area contributed by atoms with E-state index in [0.717, 1.165) is 12.8 Å². The molecular weight excluding hydrogens is 296 g/mol. The summed E-state index contributed by atoms with van der Waals surface area (Å²) in [6.45, 7) is 0.564. The molecule has 2 heterocycles. The molecule has 0 aromatic rings. The van der Waals surface area contributed by atoms with Gasteiger partial charge in [-0.3, -0.25) is 4.79 Å². The number of urea groups is 1. The molecule has 120 valence electrons. The maximum atomic E-state index is 12.3. The number of nitrogens with one attached hydrogen (secondary N) is 1. The second kappa shape index (κ2) is 6.64. The lowest BCUT2D eigenvalue weighted by Crippen LogP contribution is -2.53. The van der Waals surface area contributed by atoms with E-state index in [1.165, 1.54) is 0 Å². The Morgan fingerprint density at radius 2 is 1.81 bits per heavy atom. The highest BCUT2D eigenvalue weighted by Gasteiger charge is 2.31. The summed E-state index contributed by atoms with van der Waals surface area (Å²) in [4.78, 5) is 24.8. The number of sulfone groups is 1. The Bertz CT molecular complexity index is 491.